The van der Waals surface area contributed by atoms with Crippen molar-refractivity contribution >= 4 is 16.2 Å². The molecule has 0 aliphatic heterocycles. The Morgan fingerprint density at radius 2 is 2.33 bits per heavy atom. The number of aliphatic carboxylic acids is 1. The standard InChI is InChI=1S/C6H10N4O4S/c1-10-3-4(2-8-10)5(6(11)12)9-15(7,13)14/h2-3,5,9H,1H3,(H,11,12)(H2,7,13,14). The number of rotatable bonds is 4. The van der Waals surface area contributed by atoms with Crippen LogP contribution in [0.2, 0.25) is 0 Å². The number of carbonyl (C=O) groups is 1. The maximum Gasteiger partial charge on any atom is 0.326 e. The summed E-state index contributed by atoms with van der Waals surface area (Å²) < 4.78 is 24.5. The summed E-state index contributed by atoms with van der Waals surface area (Å²) in [6.07, 6.45) is 2.63. The Balaban J connectivity index is 2.99. The summed E-state index contributed by atoms with van der Waals surface area (Å²) in [6.45, 7) is 0. The average molecular weight is 234 g/mol. The summed E-state index contributed by atoms with van der Waals surface area (Å²) >= 11 is 0. The van der Waals surface area contributed by atoms with Gasteiger partial charge in [-0.1, -0.05) is 0 Å². The van der Waals surface area contributed by atoms with E-state index in [2.05, 4.69) is 10.2 Å². The number of nitrogens with two attached hydrogens (primary N) is 1. The number of aryl methyl sites for hydroxylation is 1. The zero-order valence-corrected chi connectivity index (χ0v) is 8.60. The predicted molar refractivity (Wildman–Crippen MR) is 49.8 cm³/mol. The molecule has 9 heteroatoms. The topological polar surface area (TPSA) is 127 Å². The third-order valence-electron chi connectivity index (χ3n) is 1.59. The second-order valence-corrected chi connectivity index (χ2v) is 4.21. The van der Waals surface area contributed by atoms with Gasteiger partial charge >= 0.3 is 5.97 Å². The Bertz CT molecular complexity index is 465. The third-order valence-corrected chi connectivity index (χ3v) is 2.15. The summed E-state index contributed by atoms with van der Waals surface area (Å²) in [6, 6.07) is -1.42. The van der Waals surface area contributed by atoms with Crippen molar-refractivity contribution in [2.24, 2.45) is 12.2 Å². The van der Waals surface area contributed by atoms with Crippen LogP contribution in [0.1, 0.15) is 11.6 Å². The molecule has 0 radical (unpaired) electrons. The Hall–Kier alpha value is -1.45. The predicted octanol–water partition coefficient (Wildman–Crippen LogP) is -1.66. The lowest BCUT2D eigenvalue weighted by molar-refractivity contribution is -0.139. The van der Waals surface area contributed by atoms with Gasteiger partial charge in [-0.2, -0.15) is 18.2 Å². The minimum absolute atomic E-state index is 0.207. The van der Waals surface area contributed by atoms with Gasteiger partial charge in [-0.05, 0) is 0 Å². The molecule has 0 aliphatic carbocycles. The molecule has 0 aromatic carbocycles. The van der Waals surface area contributed by atoms with Crippen LogP contribution in [-0.2, 0) is 22.1 Å². The maximum atomic E-state index is 10.8. The Kier molecular flexibility index (Phi) is 3.07. The average Bonchev–Trinajstić information content (AvgIpc) is 2.45. The minimum Gasteiger partial charge on any atom is -0.480 e. The summed E-state index contributed by atoms with van der Waals surface area (Å²) in [5.41, 5.74) is 0.207. The van der Waals surface area contributed by atoms with E-state index in [4.69, 9.17) is 5.11 Å². The van der Waals surface area contributed by atoms with Gasteiger partial charge in [0.05, 0.1) is 6.20 Å². The highest BCUT2D eigenvalue weighted by Crippen LogP contribution is 2.12. The number of hydrogen-bond acceptors (Lipinski definition) is 4. The first kappa shape index (κ1) is 11.6. The quantitative estimate of drug-likeness (QED) is 0.574. The summed E-state index contributed by atoms with van der Waals surface area (Å²) in [4.78, 5) is 10.8. The van der Waals surface area contributed by atoms with E-state index in [-0.39, 0.29) is 5.56 Å². The molecule has 0 saturated heterocycles. The normalized spacial score (nSPS) is 13.7. The maximum absolute atomic E-state index is 10.8. The second kappa shape index (κ2) is 3.96. The van der Waals surface area contributed by atoms with E-state index in [0.717, 1.165) is 0 Å². The van der Waals surface area contributed by atoms with Crippen molar-refractivity contribution < 1.29 is 18.3 Å². The van der Waals surface area contributed by atoms with E-state index in [9.17, 15) is 13.2 Å². The van der Waals surface area contributed by atoms with Crippen LogP contribution in [0, 0.1) is 0 Å². The van der Waals surface area contributed by atoms with Crippen LogP contribution in [-0.4, -0.2) is 29.3 Å². The SMILES string of the molecule is Cn1cc(C(NS(N)(=O)=O)C(=O)O)cn1. The van der Waals surface area contributed by atoms with E-state index in [0.29, 0.717) is 0 Å². The zero-order valence-electron chi connectivity index (χ0n) is 7.78. The van der Waals surface area contributed by atoms with Crippen LogP contribution in [0.4, 0.5) is 0 Å². The molecule has 1 unspecified atom stereocenters. The monoisotopic (exact) mass is 234 g/mol. The van der Waals surface area contributed by atoms with E-state index in [1.807, 2.05) is 0 Å². The highest BCUT2D eigenvalue weighted by Gasteiger charge is 2.24. The van der Waals surface area contributed by atoms with Crippen LogP contribution >= 0.6 is 0 Å². The molecule has 4 N–H and O–H groups in total. The molecule has 1 atom stereocenters. The molecule has 0 spiro atoms. The van der Waals surface area contributed by atoms with Gasteiger partial charge in [0.2, 0.25) is 0 Å². The molecule has 1 rings (SSSR count). The Labute approximate surface area is 85.9 Å². The number of nitrogens with one attached hydrogen (secondary N) is 1. The first-order chi connectivity index (χ1) is 6.79. The third kappa shape index (κ3) is 3.31. The fraction of sp³-hybridized carbons (Fsp3) is 0.333. The van der Waals surface area contributed by atoms with Gasteiger partial charge < -0.3 is 5.11 Å². The largest absolute Gasteiger partial charge is 0.480 e. The smallest absolute Gasteiger partial charge is 0.326 e. The Morgan fingerprint density at radius 3 is 2.67 bits per heavy atom. The lowest BCUT2D eigenvalue weighted by Gasteiger charge is -2.09. The van der Waals surface area contributed by atoms with Crippen molar-refractivity contribution in [2.45, 2.75) is 6.04 Å². The number of hydrogen-bond donors (Lipinski definition) is 3. The second-order valence-electron chi connectivity index (χ2n) is 2.88. The molecule has 0 aliphatic rings. The molecule has 1 heterocycles. The van der Waals surface area contributed by atoms with E-state index in [1.54, 1.807) is 11.8 Å². The summed E-state index contributed by atoms with van der Waals surface area (Å²) in [5.74, 6) is -1.35. The van der Waals surface area contributed by atoms with Gasteiger partial charge in [0, 0.05) is 18.8 Å². The fourth-order valence-corrected chi connectivity index (χ4v) is 1.58. The van der Waals surface area contributed by atoms with Crippen LogP contribution in [0.15, 0.2) is 12.4 Å². The van der Waals surface area contributed by atoms with Crippen LogP contribution in [0.25, 0.3) is 0 Å². The molecule has 15 heavy (non-hydrogen) atoms. The van der Waals surface area contributed by atoms with Gasteiger partial charge in [-0.25, -0.2) is 5.14 Å². The fourth-order valence-electron chi connectivity index (χ4n) is 1.01. The summed E-state index contributed by atoms with van der Waals surface area (Å²) in [7, 11) is -2.49. The number of carboxylic acid groups (broad SMARTS) is 1. The highest BCUT2D eigenvalue weighted by molar-refractivity contribution is 7.87. The van der Waals surface area contributed by atoms with Crippen molar-refractivity contribution in [1.82, 2.24) is 14.5 Å². The van der Waals surface area contributed by atoms with Gasteiger partial charge in [-0.15, -0.1) is 0 Å². The first-order valence-corrected chi connectivity index (χ1v) is 5.35. The van der Waals surface area contributed by atoms with Crippen LogP contribution < -0.4 is 9.86 Å². The van der Waals surface area contributed by atoms with Crippen molar-refractivity contribution in [2.75, 3.05) is 0 Å². The molecule has 0 amide bonds. The molecule has 8 nitrogen and oxygen atoms in total. The van der Waals surface area contributed by atoms with Crippen molar-refractivity contribution in [3.63, 3.8) is 0 Å². The van der Waals surface area contributed by atoms with Crippen LogP contribution in [0.5, 0.6) is 0 Å². The van der Waals surface area contributed by atoms with E-state index >= 15 is 0 Å². The number of aromatic nitrogens is 2. The molecule has 84 valence electrons. The molecular weight excluding hydrogens is 224 g/mol. The van der Waals surface area contributed by atoms with Crippen molar-refractivity contribution in [1.29, 1.82) is 0 Å². The molecule has 0 fully saturated rings. The van der Waals surface area contributed by atoms with Crippen molar-refractivity contribution in [3.8, 4) is 0 Å². The zero-order chi connectivity index (χ0) is 11.6. The molecular formula is C6H10N4O4S. The van der Waals surface area contributed by atoms with Crippen LogP contribution in [0.3, 0.4) is 0 Å². The first-order valence-electron chi connectivity index (χ1n) is 3.81. The molecule has 1 aromatic heterocycles. The highest BCUT2D eigenvalue weighted by atomic mass is 32.2. The summed E-state index contributed by atoms with van der Waals surface area (Å²) in [5, 5.41) is 17.2. The van der Waals surface area contributed by atoms with Gasteiger partial charge in [-0.3, -0.25) is 9.48 Å². The van der Waals surface area contributed by atoms with E-state index in [1.165, 1.54) is 17.1 Å². The number of nitrogens with zero attached hydrogens (tertiary/aromatic N) is 2. The van der Waals surface area contributed by atoms with Gasteiger partial charge in [0.1, 0.15) is 6.04 Å². The Morgan fingerprint density at radius 1 is 1.73 bits per heavy atom. The van der Waals surface area contributed by atoms with Crippen molar-refractivity contribution in [3.05, 3.63) is 18.0 Å². The number of carboxylic acids is 1. The molecule has 0 saturated carbocycles. The lowest BCUT2D eigenvalue weighted by atomic mass is 10.2. The molecule has 1 aromatic rings. The van der Waals surface area contributed by atoms with Gasteiger partial charge in [0.25, 0.3) is 10.2 Å². The van der Waals surface area contributed by atoms with E-state index < -0.39 is 22.2 Å². The lowest BCUT2D eigenvalue weighted by Crippen LogP contribution is -2.37. The minimum atomic E-state index is -4.08. The molecule has 0 bridgehead atoms. The van der Waals surface area contributed by atoms with Gasteiger partial charge in [0.15, 0.2) is 0 Å².